The molecule has 0 saturated heterocycles. The number of nitrogens with zero attached hydrogens (tertiary/aromatic N) is 2. The number of rotatable bonds is 4. The molecule has 0 atom stereocenters. The maximum atomic E-state index is 11.0. The third-order valence-electron chi connectivity index (χ3n) is 3.23. The van der Waals surface area contributed by atoms with Crippen molar-refractivity contribution >= 4 is 23.0 Å². The maximum absolute atomic E-state index is 11.0. The number of thiazole rings is 1. The number of carboxylic acid groups (broad SMARTS) is 1. The first-order valence-corrected chi connectivity index (χ1v) is 7.46. The Hall–Kier alpha value is -3.06. The molecule has 0 amide bonds. The summed E-state index contributed by atoms with van der Waals surface area (Å²) in [7, 11) is 0. The molecule has 1 aromatic heterocycles. The summed E-state index contributed by atoms with van der Waals surface area (Å²) >= 11 is 1.39. The number of carboxylic acids is 1. The van der Waals surface area contributed by atoms with Gasteiger partial charge >= 0.3 is 5.97 Å². The van der Waals surface area contributed by atoms with Gasteiger partial charge in [0.2, 0.25) is 0 Å². The van der Waals surface area contributed by atoms with E-state index in [0.29, 0.717) is 10.7 Å². The summed E-state index contributed by atoms with van der Waals surface area (Å²) in [6, 6.07) is 12.7. The maximum Gasteiger partial charge on any atom is 0.335 e. The van der Waals surface area contributed by atoms with Gasteiger partial charge in [0.25, 0.3) is 5.69 Å². The molecule has 0 aliphatic rings. The van der Waals surface area contributed by atoms with Crippen molar-refractivity contribution in [1.82, 2.24) is 4.98 Å². The molecular formula is C16H10N2O4S. The number of nitro benzene ring substituents is 1. The zero-order valence-corrected chi connectivity index (χ0v) is 12.5. The number of carbonyl (C=O) groups is 1. The van der Waals surface area contributed by atoms with E-state index in [1.165, 1.54) is 29.5 Å². The lowest BCUT2D eigenvalue weighted by Gasteiger charge is -1.99. The Morgan fingerprint density at radius 2 is 1.87 bits per heavy atom. The first kappa shape index (κ1) is 14.9. The van der Waals surface area contributed by atoms with Crippen molar-refractivity contribution in [2.45, 2.75) is 0 Å². The number of aromatic carboxylic acids is 1. The summed E-state index contributed by atoms with van der Waals surface area (Å²) in [5.41, 5.74) is 2.42. The van der Waals surface area contributed by atoms with Crippen molar-refractivity contribution < 1.29 is 14.8 Å². The van der Waals surface area contributed by atoms with Crippen molar-refractivity contribution in [3.05, 3.63) is 69.6 Å². The van der Waals surface area contributed by atoms with Crippen LogP contribution in [0.3, 0.4) is 0 Å². The lowest BCUT2D eigenvalue weighted by Crippen LogP contribution is -1.95. The number of nitro groups is 1. The van der Waals surface area contributed by atoms with Gasteiger partial charge in [-0.05, 0) is 24.3 Å². The fourth-order valence-corrected chi connectivity index (χ4v) is 2.90. The zero-order valence-electron chi connectivity index (χ0n) is 11.7. The van der Waals surface area contributed by atoms with Crippen molar-refractivity contribution in [2.24, 2.45) is 0 Å². The summed E-state index contributed by atoms with van der Waals surface area (Å²) in [6.07, 6.45) is 0. The normalized spacial score (nSPS) is 10.4. The van der Waals surface area contributed by atoms with Crippen LogP contribution >= 0.6 is 11.3 Å². The molecule has 0 spiro atoms. The minimum atomic E-state index is -0.987. The van der Waals surface area contributed by atoms with Crippen molar-refractivity contribution in [1.29, 1.82) is 0 Å². The SMILES string of the molecule is O=C(O)c1cccc(-c2nc(-c3ccc([N+](=O)[O-])cc3)cs2)c1. The molecule has 0 bridgehead atoms. The van der Waals surface area contributed by atoms with Crippen LogP contribution in [-0.4, -0.2) is 21.0 Å². The number of hydrogen-bond acceptors (Lipinski definition) is 5. The van der Waals surface area contributed by atoms with E-state index in [1.54, 1.807) is 30.3 Å². The number of benzene rings is 2. The molecule has 6 nitrogen and oxygen atoms in total. The van der Waals surface area contributed by atoms with Gasteiger partial charge in [-0.15, -0.1) is 11.3 Å². The highest BCUT2D eigenvalue weighted by atomic mass is 32.1. The predicted octanol–water partition coefficient (Wildman–Crippen LogP) is 4.08. The summed E-state index contributed by atoms with van der Waals surface area (Å²) in [5.74, 6) is -0.987. The summed E-state index contributed by atoms with van der Waals surface area (Å²) in [4.78, 5) is 25.7. The van der Waals surface area contributed by atoms with Gasteiger partial charge in [0, 0.05) is 28.6 Å². The van der Waals surface area contributed by atoms with Gasteiger partial charge in [-0.25, -0.2) is 9.78 Å². The quantitative estimate of drug-likeness (QED) is 0.576. The average molecular weight is 326 g/mol. The summed E-state index contributed by atoms with van der Waals surface area (Å²) < 4.78 is 0. The van der Waals surface area contributed by atoms with E-state index < -0.39 is 10.9 Å². The molecule has 1 heterocycles. The Balaban J connectivity index is 1.92. The van der Waals surface area contributed by atoms with Crippen molar-refractivity contribution in [2.75, 3.05) is 0 Å². The highest BCUT2D eigenvalue weighted by Crippen LogP contribution is 2.30. The molecule has 0 fully saturated rings. The molecule has 23 heavy (non-hydrogen) atoms. The molecule has 0 aliphatic heterocycles. The number of aromatic nitrogens is 1. The summed E-state index contributed by atoms with van der Waals surface area (Å²) in [6.45, 7) is 0. The third kappa shape index (κ3) is 3.09. The van der Waals surface area contributed by atoms with E-state index in [2.05, 4.69) is 4.98 Å². The predicted molar refractivity (Wildman–Crippen MR) is 86.6 cm³/mol. The van der Waals surface area contributed by atoms with Crippen LogP contribution in [0, 0.1) is 10.1 Å². The first-order valence-electron chi connectivity index (χ1n) is 6.58. The Morgan fingerprint density at radius 1 is 1.13 bits per heavy atom. The van der Waals surface area contributed by atoms with Gasteiger partial charge in [-0.1, -0.05) is 12.1 Å². The molecular weight excluding hydrogens is 316 g/mol. The largest absolute Gasteiger partial charge is 0.478 e. The Morgan fingerprint density at radius 3 is 2.52 bits per heavy atom. The number of non-ortho nitro benzene ring substituents is 1. The Labute approximate surface area is 134 Å². The first-order chi connectivity index (χ1) is 11.0. The van der Waals surface area contributed by atoms with Gasteiger partial charge in [0.15, 0.2) is 0 Å². The smallest absolute Gasteiger partial charge is 0.335 e. The van der Waals surface area contributed by atoms with E-state index in [9.17, 15) is 14.9 Å². The molecule has 7 heteroatoms. The van der Waals surface area contributed by atoms with Crippen LogP contribution in [0.4, 0.5) is 5.69 Å². The Bertz CT molecular complexity index is 887. The lowest BCUT2D eigenvalue weighted by molar-refractivity contribution is -0.384. The Kier molecular flexibility index (Phi) is 3.86. The lowest BCUT2D eigenvalue weighted by atomic mass is 10.1. The van der Waals surface area contributed by atoms with Crippen LogP contribution in [0.1, 0.15) is 10.4 Å². The second-order valence-corrected chi connectivity index (χ2v) is 5.59. The van der Waals surface area contributed by atoms with Crippen molar-refractivity contribution in [3.8, 4) is 21.8 Å². The second-order valence-electron chi connectivity index (χ2n) is 4.73. The molecule has 1 N–H and O–H groups in total. The van der Waals surface area contributed by atoms with Gasteiger partial charge < -0.3 is 5.11 Å². The summed E-state index contributed by atoms with van der Waals surface area (Å²) in [5, 5.41) is 22.2. The average Bonchev–Trinajstić information content (AvgIpc) is 3.05. The van der Waals surface area contributed by atoms with Crippen LogP contribution in [0.2, 0.25) is 0 Å². The minimum Gasteiger partial charge on any atom is -0.478 e. The van der Waals surface area contributed by atoms with Crippen LogP contribution in [0.5, 0.6) is 0 Å². The molecule has 0 saturated carbocycles. The fraction of sp³-hybridized carbons (Fsp3) is 0. The molecule has 0 aliphatic carbocycles. The molecule has 0 radical (unpaired) electrons. The van der Waals surface area contributed by atoms with Gasteiger partial charge in [-0.3, -0.25) is 10.1 Å². The number of hydrogen-bond donors (Lipinski definition) is 1. The minimum absolute atomic E-state index is 0.0263. The van der Waals surface area contributed by atoms with Gasteiger partial charge in [0.1, 0.15) is 5.01 Å². The van der Waals surface area contributed by atoms with E-state index >= 15 is 0 Å². The fourth-order valence-electron chi connectivity index (χ4n) is 2.08. The van der Waals surface area contributed by atoms with Crippen molar-refractivity contribution in [3.63, 3.8) is 0 Å². The molecule has 114 valence electrons. The van der Waals surface area contributed by atoms with E-state index in [1.807, 2.05) is 5.38 Å². The monoisotopic (exact) mass is 326 g/mol. The van der Waals surface area contributed by atoms with Crippen LogP contribution in [-0.2, 0) is 0 Å². The molecule has 0 unspecified atom stereocenters. The van der Waals surface area contributed by atoms with Crippen LogP contribution in [0.25, 0.3) is 21.8 Å². The molecule has 2 aromatic carbocycles. The van der Waals surface area contributed by atoms with Gasteiger partial charge in [-0.2, -0.15) is 0 Å². The highest BCUT2D eigenvalue weighted by molar-refractivity contribution is 7.13. The van der Waals surface area contributed by atoms with E-state index in [-0.39, 0.29) is 11.3 Å². The highest BCUT2D eigenvalue weighted by Gasteiger charge is 2.11. The van der Waals surface area contributed by atoms with Gasteiger partial charge in [0.05, 0.1) is 16.2 Å². The third-order valence-corrected chi connectivity index (χ3v) is 4.13. The van der Waals surface area contributed by atoms with E-state index in [4.69, 9.17) is 5.11 Å². The topological polar surface area (TPSA) is 93.3 Å². The standard InChI is InChI=1S/C16H10N2O4S/c19-16(20)12-3-1-2-11(8-12)15-17-14(9-23-15)10-4-6-13(7-5-10)18(21)22/h1-9H,(H,19,20). The molecule has 3 aromatic rings. The van der Waals surface area contributed by atoms with Crippen LogP contribution < -0.4 is 0 Å². The zero-order chi connectivity index (χ0) is 16.4. The second kappa shape index (κ2) is 5.98. The molecule has 3 rings (SSSR count). The van der Waals surface area contributed by atoms with Crippen LogP contribution in [0.15, 0.2) is 53.9 Å². The van der Waals surface area contributed by atoms with E-state index in [0.717, 1.165) is 11.1 Å².